The number of amides is 1. The van der Waals surface area contributed by atoms with Gasteiger partial charge in [-0.2, -0.15) is 4.99 Å². The minimum Gasteiger partial charge on any atom is -0.507 e. The molecule has 1 aliphatic rings. The average Bonchev–Trinajstić information content (AvgIpc) is 3.04. The van der Waals surface area contributed by atoms with E-state index in [0.29, 0.717) is 21.2 Å². The van der Waals surface area contributed by atoms with Crippen molar-refractivity contribution in [3.05, 3.63) is 52.9 Å². The van der Waals surface area contributed by atoms with Gasteiger partial charge >= 0.3 is 0 Å². The lowest BCUT2D eigenvalue weighted by Crippen LogP contribution is -2.16. The van der Waals surface area contributed by atoms with Gasteiger partial charge < -0.3 is 19.8 Å². The van der Waals surface area contributed by atoms with Crippen molar-refractivity contribution in [2.45, 2.75) is 6.92 Å². The van der Waals surface area contributed by atoms with Crippen LogP contribution in [0.5, 0.6) is 17.2 Å². The monoisotopic (exact) mass is 410 g/mol. The van der Waals surface area contributed by atoms with E-state index in [-0.39, 0.29) is 23.2 Å². The second-order valence-corrected chi connectivity index (χ2v) is 7.84. The number of carbonyl (C=O) groups excluding carboxylic acids is 1. The van der Waals surface area contributed by atoms with Gasteiger partial charge in [-0.15, -0.1) is 0 Å². The number of allylic oxidation sites excluding steroid dienone is 1. The van der Waals surface area contributed by atoms with Crippen molar-refractivity contribution in [3.8, 4) is 28.4 Å². The minimum absolute atomic E-state index is 0.0608. The van der Waals surface area contributed by atoms with Gasteiger partial charge in [0.2, 0.25) is 0 Å². The number of nitrogens with zero attached hydrogens (tertiary/aromatic N) is 2. The summed E-state index contributed by atoms with van der Waals surface area (Å²) in [6.07, 6.45) is 1.61. The highest BCUT2D eigenvalue weighted by Gasteiger charge is 2.24. The van der Waals surface area contributed by atoms with E-state index in [1.165, 1.54) is 18.9 Å². The molecule has 3 rings (SSSR count). The fourth-order valence-corrected chi connectivity index (χ4v) is 3.68. The fourth-order valence-electron chi connectivity index (χ4n) is 2.85. The number of hydrogen-bond acceptors (Lipinski definition) is 6. The first-order valence-electron chi connectivity index (χ1n) is 8.81. The molecule has 2 aromatic carbocycles. The quantitative estimate of drug-likeness (QED) is 0.730. The Balaban J connectivity index is 2.09. The Labute approximate surface area is 173 Å². The predicted octanol–water partition coefficient (Wildman–Crippen LogP) is 4.34. The van der Waals surface area contributed by atoms with Gasteiger partial charge in [-0.3, -0.25) is 4.79 Å². The van der Waals surface area contributed by atoms with E-state index in [9.17, 15) is 15.0 Å². The highest BCUT2D eigenvalue weighted by molar-refractivity contribution is 8.18. The molecule has 0 saturated heterocycles. The molecule has 1 aliphatic heterocycles. The standard InChI is InChI=1S/C22H22N2O4S/c1-12(2)16-9-13(6-7-17(16)25)14-8-15(20(26)18(10-14)28-5)11-19-21(27)23-22(29-19)24(3)4/h6-11,25-26H,1H2,2-5H3/b19-11-. The van der Waals surface area contributed by atoms with E-state index in [2.05, 4.69) is 11.6 Å². The summed E-state index contributed by atoms with van der Waals surface area (Å²) in [6.45, 7) is 5.71. The van der Waals surface area contributed by atoms with Crippen molar-refractivity contribution in [3.63, 3.8) is 0 Å². The molecular formula is C22H22N2O4S. The number of aromatic hydroxyl groups is 2. The highest BCUT2D eigenvalue weighted by atomic mass is 32.2. The Morgan fingerprint density at radius 2 is 1.93 bits per heavy atom. The Morgan fingerprint density at radius 1 is 1.21 bits per heavy atom. The Hall–Kier alpha value is -3.19. The summed E-state index contributed by atoms with van der Waals surface area (Å²) in [5.74, 6) is 0.0187. The van der Waals surface area contributed by atoms with Crippen molar-refractivity contribution in [1.29, 1.82) is 0 Å². The molecule has 6 nitrogen and oxygen atoms in total. The number of amidine groups is 1. The molecule has 0 aliphatic carbocycles. The molecule has 0 spiro atoms. The zero-order valence-corrected chi connectivity index (χ0v) is 17.5. The summed E-state index contributed by atoms with van der Waals surface area (Å²) in [5.41, 5.74) is 3.39. The van der Waals surface area contributed by atoms with Crippen LogP contribution in [0.2, 0.25) is 0 Å². The van der Waals surface area contributed by atoms with Crippen molar-refractivity contribution < 1.29 is 19.7 Å². The molecule has 1 heterocycles. The normalized spacial score (nSPS) is 14.8. The SMILES string of the molecule is C=C(C)c1cc(-c2cc(/C=C3\SC(N(C)C)=NC3=O)c(O)c(OC)c2)ccc1O. The number of hydrogen-bond donors (Lipinski definition) is 2. The van der Waals surface area contributed by atoms with E-state index in [1.807, 2.05) is 27.1 Å². The number of phenolic OH excluding ortho intramolecular Hbond substituents is 2. The summed E-state index contributed by atoms with van der Waals surface area (Å²) in [4.78, 5) is 18.4. The Morgan fingerprint density at radius 3 is 2.52 bits per heavy atom. The molecule has 0 bridgehead atoms. The first kappa shape index (κ1) is 20.5. The lowest BCUT2D eigenvalue weighted by Gasteiger charge is -2.13. The molecule has 150 valence electrons. The van der Waals surface area contributed by atoms with Crippen LogP contribution >= 0.6 is 11.8 Å². The van der Waals surface area contributed by atoms with Gasteiger partial charge in [-0.25, -0.2) is 0 Å². The van der Waals surface area contributed by atoms with Crippen LogP contribution in [0.15, 0.2) is 46.8 Å². The number of phenols is 2. The molecule has 2 N–H and O–H groups in total. The van der Waals surface area contributed by atoms with Crippen LogP contribution in [0.25, 0.3) is 22.8 Å². The third kappa shape index (κ3) is 4.14. The summed E-state index contributed by atoms with van der Waals surface area (Å²) in [6, 6.07) is 8.67. The van der Waals surface area contributed by atoms with Gasteiger partial charge in [0.1, 0.15) is 5.75 Å². The molecular weight excluding hydrogens is 388 g/mol. The lowest BCUT2D eigenvalue weighted by molar-refractivity contribution is -0.113. The van der Waals surface area contributed by atoms with E-state index in [1.54, 1.807) is 35.2 Å². The van der Waals surface area contributed by atoms with Gasteiger partial charge in [0.05, 0.1) is 12.0 Å². The van der Waals surface area contributed by atoms with Crippen LogP contribution in [0.4, 0.5) is 0 Å². The molecule has 0 radical (unpaired) electrons. The topological polar surface area (TPSA) is 82.4 Å². The molecule has 29 heavy (non-hydrogen) atoms. The van der Waals surface area contributed by atoms with Crippen LogP contribution in [0, 0.1) is 0 Å². The summed E-state index contributed by atoms with van der Waals surface area (Å²) >= 11 is 1.24. The van der Waals surface area contributed by atoms with Gasteiger partial charge in [-0.05, 0) is 65.7 Å². The number of thioether (sulfide) groups is 1. The number of rotatable bonds is 4. The second-order valence-electron chi connectivity index (χ2n) is 6.83. The molecule has 0 aromatic heterocycles. The Bertz CT molecular complexity index is 1070. The molecule has 1 amide bonds. The first-order valence-corrected chi connectivity index (χ1v) is 9.63. The van der Waals surface area contributed by atoms with E-state index < -0.39 is 0 Å². The fraction of sp³-hybridized carbons (Fsp3) is 0.182. The van der Waals surface area contributed by atoms with Crippen LogP contribution in [-0.2, 0) is 4.79 Å². The Kier molecular flexibility index (Phi) is 5.70. The maximum absolute atomic E-state index is 12.2. The molecule has 0 atom stereocenters. The largest absolute Gasteiger partial charge is 0.507 e. The zero-order valence-electron chi connectivity index (χ0n) is 16.7. The highest BCUT2D eigenvalue weighted by Crippen LogP contribution is 2.40. The first-order chi connectivity index (χ1) is 13.7. The smallest absolute Gasteiger partial charge is 0.286 e. The molecule has 0 saturated carbocycles. The maximum atomic E-state index is 12.2. The van der Waals surface area contributed by atoms with Gasteiger partial charge in [0.15, 0.2) is 16.7 Å². The predicted molar refractivity (Wildman–Crippen MR) is 118 cm³/mol. The maximum Gasteiger partial charge on any atom is 0.286 e. The average molecular weight is 410 g/mol. The molecule has 7 heteroatoms. The van der Waals surface area contributed by atoms with E-state index in [0.717, 1.165) is 16.7 Å². The van der Waals surface area contributed by atoms with Gasteiger partial charge in [-0.1, -0.05) is 12.6 Å². The zero-order chi connectivity index (χ0) is 21.3. The van der Waals surface area contributed by atoms with Gasteiger partial charge in [0, 0.05) is 25.2 Å². The van der Waals surface area contributed by atoms with Crippen LogP contribution in [0.3, 0.4) is 0 Å². The molecule has 0 fully saturated rings. The summed E-state index contributed by atoms with van der Waals surface area (Å²) < 4.78 is 5.33. The van der Waals surface area contributed by atoms with Crippen LogP contribution in [-0.4, -0.2) is 47.4 Å². The summed E-state index contributed by atoms with van der Waals surface area (Å²) in [5, 5.41) is 21.2. The number of methoxy groups -OCH3 is 1. The van der Waals surface area contributed by atoms with Crippen molar-refractivity contribution in [2.75, 3.05) is 21.2 Å². The summed E-state index contributed by atoms with van der Waals surface area (Å²) in [7, 11) is 5.09. The van der Waals surface area contributed by atoms with Gasteiger partial charge in [0.25, 0.3) is 5.91 Å². The van der Waals surface area contributed by atoms with E-state index in [4.69, 9.17) is 4.74 Å². The number of aliphatic imine (C=N–C) groups is 1. The third-order valence-corrected chi connectivity index (χ3v) is 5.54. The minimum atomic E-state index is -0.350. The number of benzene rings is 2. The van der Waals surface area contributed by atoms with E-state index >= 15 is 0 Å². The third-order valence-electron chi connectivity index (χ3n) is 4.39. The van der Waals surface area contributed by atoms with Crippen LogP contribution < -0.4 is 4.74 Å². The second kappa shape index (κ2) is 8.05. The molecule has 2 aromatic rings. The van der Waals surface area contributed by atoms with Crippen molar-refractivity contribution >= 4 is 34.5 Å². The van der Waals surface area contributed by atoms with Crippen molar-refractivity contribution in [1.82, 2.24) is 4.90 Å². The van der Waals surface area contributed by atoms with Crippen LogP contribution in [0.1, 0.15) is 18.1 Å². The number of ether oxygens (including phenoxy) is 1. The lowest BCUT2D eigenvalue weighted by atomic mass is 9.97. The number of carbonyl (C=O) groups is 1. The van der Waals surface area contributed by atoms with Crippen molar-refractivity contribution in [2.24, 2.45) is 4.99 Å². The molecule has 0 unspecified atom stereocenters.